The molecule has 0 bridgehead atoms. The highest BCUT2D eigenvalue weighted by Crippen LogP contribution is 2.24. The maximum absolute atomic E-state index is 12.1. The number of rotatable bonds is 2. The van der Waals surface area contributed by atoms with Crippen molar-refractivity contribution in [2.24, 2.45) is 11.7 Å². The summed E-state index contributed by atoms with van der Waals surface area (Å²) in [6.45, 7) is 3.59. The molecule has 1 fully saturated rings. The van der Waals surface area contributed by atoms with Crippen molar-refractivity contribution in [3.05, 3.63) is 22.4 Å². The number of hydrogen-bond donors (Lipinski definition) is 1. The van der Waals surface area contributed by atoms with Gasteiger partial charge in [-0.15, -0.1) is 0 Å². The molecule has 2 unspecified atom stereocenters. The molecule has 2 heterocycles. The molecule has 82 valence electrons. The van der Waals surface area contributed by atoms with Crippen molar-refractivity contribution in [1.82, 2.24) is 4.90 Å². The van der Waals surface area contributed by atoms with E-state index < -0.39 is 0 Å². The topological polar surface area (TPSA) is 46.3 Å². The van der Waals surface area contributed by atoms with Gasteiger partial charge >= 0.3 is 0 Å². The molecular formula is C11H16N2OS. The molecule has 1 aromatic rings. The smallest absolute Gasteiger partial charge is 0.254 e. The van der Waals surface area contributed by atoms with Crippen LogP contribution in [-0.2, 0) is 0 Å². The van der Waals surface area contributed by atoms with E-state index in [1.54, 1.807) is 11.3 Å². The molecule has 0 saturated carbocycles. The molecule has 0 spiro atoms. The van der Waals surface area contributed by atoms with Crippen molar-refractivity contribution in [3.8, 4) is 0 Å². The average Bonchev–Trinajstić information content (AvgIpc) is 2.85. The third-order valence-electron chi connectivity index (χ3n) is 3.02. The molecule has 1 aromatic heterocycles. The van der Waals surface area contributed by atoms with Gasteiger partial charge in [-0.3, -0.25) is 4.79 Å². The molecule has 0 radical (unpaired) electrons. The van der Waals surface area contributed by atoms with Crippen LogP contribution in [-0.4, -0.2) is 29.9 Å². The minimum absolute atomic E-state index is 0.153. The molecule has 0 aromatic carbocycles. The SMILES string of the molecule is CC1CC(CN)CN1C(=O)c1ccsc1. The lowest BCUT2D eigenvalue weighted by atomic mass is 10.1. The number of nitrogens with two attached hydrogens (primary N) is 1. The van der Waals surface area contributed by atoms with Crippen molar-refractivity contribution in [2.75, 3.05) is 13.1 Å². The Balaban J connectivity index is 2.09. The summed E-state index contributed by atoms with van der Waals surface area (Å²) in [7, 11) is 0. The van der Waals surface area contributed by atoms with E-state index in [1.165, 1.54) is 0 Å². The number of nitrogens with zero attached hydrogens (tertiary/aromatic N) is 1. The first-order valence-corrected chi connectivity index (χ1v) is 6.20. The highest BCUT2D eigenvalue weighted by Gasteiger charge is 2.31. The first-order valence-electron chi connectivity index (χ1n) is 5.25. The van der Waals surface area contributed by atoms with E-state index in [1.807, 2.05) is 21.7 Å². The van der Waals surface area contributed by atoms with E-state index in [4.69, 9.17) is 5.73 Å². The normalized spacial score (nSPS) is 25.9. The van der Waals surface area contributed by atoms with Gasteiger partial charge in [0.2, 0.25) is 0 Å². The van der Waals surface area contributed by atoms with Crippen LogP contribution >= 0.6 is 11.3 Å². The van der Waals surface area contributed by atoms with Gasteiger partial charge in [0, 0.05) is 18.0 Å². The van der Waals surface area contributed by atoms with E-state index in [0.29, 0.717) is 18.5 Å². The predicted octanol–water partition coefficient (Wildman–Crippen LogP) is 1.56. The van der Waals surface area contributed by atoms with Gasteiger partial charge in [0.15, 0.2) is 0 Å². The van der Waals surface area contributed by atoms with Crippen molar-refractivity contribution >= 4 is 17.2 Å². The fraction of sp³-hybridized carbons (Fsp3) is 0.545. The summed E-state index contributed by atoms with van der Waals surface area (Å²) in [4.78, 5) is 14.0. The Labute approximate surface area is 93.9 Å². The largest absolute Gasteiger partial charge is 0.336 e. The number of carbonyl (C=O) groups is 1. The molecule has 1 amide bonds. The highest BCUT2D eigenvalue weighted by atomic mass is 32.1. The Kier molecular flexibility index (Phi) is 3.07. The third-order valence-corrected chi connectivity index (χ3v) is 3.71. The van der Waals surface area contributed by atoms with E-state index in [-0.39, 0.29) is 5.91 Å². The molecule has 1 saturated heterocycles. The summed E-state index contributed by atoms with van der Waals surface area (Å²) in [6.07, 6.45) is 1.03. The van der Waals surface area contributed by atoms with Gasteiger partial charge in [-0.25, -0.2) is 0 Å². The number of likely N-dealkylation sites (tertiary alicyclic amines) is 1. The van der Waals surface area contributed by atoms with Gasteiger partial charge in [-0.2, -0.15) is 11.3 Å². The molecule has 15 heavy (non-hydrogen) atoms. The van der Waals surface area contributed by atoms with Gasteiger partial charge in [-0.1, -0.05) is 0 Å². The first kappa shape index (κ1) is 10.6. The lowest BCUT2D eigenvalue weighted by Crippen LogP contribution is -2.34. The standard InChI is InChI=1S/C11H16N2OS/c1-8-4-9(5-12)6-13(8)11(14)10-2-3-15-7-10/h2-3,7-9H,4-6,12H2,1H3. The van der Waals surface area contributed by atoms with E-state index in [2.05, 4.69) is 6.92 Å². The van der Waals surface area contributed by atoms with Crippen molar-refractivity contribution in [2.45, 2.75) is 19.4 Å². The number of hydrogen-bond acceptors (Lipinski definition) is 3. The summed E-state index contributed by atoms with van der Waals surface area (Å²) in [5.41, 5.74) is 6.45. The fourth-order valence-electron chi connectivity index (χ4n) is 2.15. The first-order chi connectivity index (χ1) is 7.22. The Morgan fingerprint density at radius 2 is 2.53 bits per heavy atom. The molecule has 2 atom stereocenters. The second kappa shape index (κ2) is 4.33. The van der Waals surface area contributed by atoms with Gasteiger partial charge in [0.05, 0.1) is 5.56 Å². The van der Waals surface area contributed by atoms with Gasteiger partial charge in [-0.05, 0) is 37.3 Å². The second-order valence-corrected chi connectivity index (χ2v) is 4.94. The summed E-state index contributed by atoms with van der Waals surface area (Å²) >= 11 is 1.56. The molecule has 4 heteroatoms. The van der Waals surface area contributed by atoms with Crippen LogP contribution in [0.25, 0.3) is 0 Å². The zero-order valence-corrected chi connectivity index (χ0v) is 9.67. The lowest BCUT2D eigenvalue weighted by Gasteiger charge is -2.20. The van der Waals surface area contributed by atoms with E-state index in [9.17, 15) is 4.79 Å². The van der Waals surface area contributed by atoms with E-state index >= 15 is 0 Å². The van der Waals surface area contributed by atoms with Crippen LogP contribution in [0, 0.1) is 5.92 Å². The maximum atomic E-state index is 12.1. The second-order valence-electron chi connectivity index (χ2n) is 4.16. The van der Waals surface area contributed by atoms with Crippen molar-refractivity contribution < 1.29 is 4.79 Å². The minimum atomic E-state index is 0.153. The van der Waals surface area contributed by atoms with Crippen LogP contribution in [0.1, 0.15) is 23.7 Å². The summed E-state index contributed by atoms with van der Waals surface area (Å²) < 4.78 is 0. The van der Waals surface area contributed by atoms with Crippen LogP contribution in [0.15, 0.2) is 16.8 Å². The predicted molar refractivity (Wildman–Crippen MR) is 62.0 cm³/mol. The Bertz CT molecular complexity index is 336. The molecule has 1 aliphatic heterocycles. The van der Waals surface area contributed by atoms with Gasteiger partial charge in [0.1, 0.15) is 0 Å². The zero-order valence-electron chi connectivity index (χ0n) is 8.85. The Hall–Kier alpha value is -0.870. The average molecular weight is 224 g/mol. The zero-order chi connectivity index (χ0) is 10.8. The monoisotopic (exact) mass is 224 g/mol. The van der Waals surface area contributed by atoms with Crippen LogP contribution in [0.4, 0.5) is 0 Å². The molecule has 1 aliphatic rings. The number of carbonyl (C=O) groups excluding carboxylic acids is 1. The lowest BCUT2D eigenvalue weighted by molar-refractivity contribution is 0.0744. The molecule has 2 rings (SSSR count). The van der Waals surface area contributed by atoms with Crippen LogP contribution in [0.5, 0.6) is 0 Å². The van der Waals surface area contributed by atoms with Crippen LogP contribution in [0.3, 0.4) is 0 Å². The molecule has 0 aliphatic carbocycles. The van der Waals surface area contributed by atoms with Crippen LogP contribution < -0.4 is 5.73 Å². The Morgan fingerprint density at radius 1 is 1.73 bits per heavy atom. The summed E-state index contributed by atoms with van der Waals surface area (Å²) in [5, 5.41) is 3.85. The van der Waals surface area contributed by atoms with Crippen molar-refractivity contribution in [3.63, 3.8) is 0 Å². The molecular weight excluding hydrogens is 208 g/mol. The molecule has 3 nitrogen and oxygen atoms in total. The summed E-state index contributed by atoms with van der Waals surface area (Å²) in [5.74, 6) is 0.627. The van der Waals surface area contributed by atoms with Crippen LogP contribution in [0.2, 0.25) is 0 Å². The van der Waals surface area contributed by atoms with E-state index in [0.717, 1.165) is 18.5 Å². The van der Waals surface area contributed by atoms with Gasteiger partial charge < -0.3 is 10.6 Å². The van der Waals surface area contributed by atoms with Crippen molar-refractivity contribution in [1.29, 1.82) is 0 Å². The van der Waals surface area contributed by atoms with Gasteiger partial charge in [0.25, 0.3) is 5.91 Å². The quantitative estimate of drug-likeness (QED) is 0.828. The highest BCUT2D eigenvalue weighted by molar-refractivity contribution is 7.08. The number of amides is 1. The maximum Gasteiger partial charge on any atom is 0.254 e. The molecule has 2 N–H and O–H groups in total. The minimum Gasteiger partial charge on any atom is -0.336 e. The summed E-state index contributed by atoms with van der Waals surface area (Å²) in [6, 6.07) is 2.21. The Morgan fingerprint density at radius 3 is 3.07 bits per heavy atom. The number of thiophene rings is 1. The fourth-order valence-corrected chi connectivity index (χ4v) is 2.78. The third kappa shape index (κ3) is 2.06.